The van der Waals surface area contributed by atoms with Crippen molar-refractivity contribution in [2.75, 3.05) is 11.1 Å². The van der Waals surface area contributed by atoms with E-state index in [1.54, 1.807) is 60.8 Å². The van der Waals surface area contributed by atoms with Gasteiger partial charge in [0, 0.05) is 22.8 Å². The summed E-state index contributed by atoms with van der Waals surface area (Å²) in [5.74, 6) is 0.319. The number of fused-ring (bicyclic) bond motifs is 1. The van der Waals surface area contributed by atoms with Crippen molar-refractivity contribution in [1.82, 2.24) is 14.8 Å². The molecule has 6 N–H and O–H groups in total. The molecule has 2 heterocycles. The van der Waals surface area contributed by atoms with Crippen LogP contribution in [0.2, 0.25) is 5.02 Å². The summed E-state index contributed by atoms with van der Waals surface area (Å²) in [4.78, 5) is 16.4. The fourth-order valence-corrected chi connectivity index (χ4v) is 3.78. The van der Waals surface area contributed by atoms with Crippen molar-refractivity contribution in [2.45, 2.75) is 6.04 Å². The molecular formula is C30H28ClN7O2. The molecule has 2 atom stereocenters. The molecule has 2 aromatic heterocycles. The van der Waals surface area contributed by atoms with Crippen molar-refractivity contribution < 1.29 is 9.90 Å². The highest BCUT2D eigenvalue weighted by Crippen LogP contribution is 2.32. The number of anilines is 2. The van der Waals surface area contributed by atoms with E-state index >= 15 is 0 Å². The van der Waals surface area contributed by atoms with Crippen LogP contribution in [0.15, 0.2) is 127 Å². The number of aliphatic hydroxyl groups excluding tert-OH is 1. The van der Waals surface area contributed by atoms with Gasteiger partial charge in [-0.2, -0.15) is 15.0 Å². The van der Waals surface area contributed by atoms with Crippen molar-refractivity contribution in [3.63, 3.8) is 0 Å². The third-order valence-electron chi connectivity index (χ3n) is 5.70. The Hall–Kier alpha value is -5.17. The van der Waals surface area contributed by atoms with Gasteiger partial charge < -0.3 is 21.9 Å². The molecule has 0 fully saturated rings. The van der Waals surface area contributed by atoms with Gasteiger partial charge in [0.15, 0.2) is 5.82 Å². The molecule has 9 nitrogen and oxygen atoms in total. The Labute approximate surface area is 237 Å². The summed E-state index contributed by atoms with van der Waals surface area (Å²) in [5.41, 5.74) is 13.8. The topological polar surface area (TPSA) is 156 Å². The lowest BCUT2D eigenvalue weighted by molar-refractivity contribution is -0.112. The molecule has 0 aliphatic heterocycles. The molecule has 2 unspecified atom stereocenters. The molecule has 0 spiro atoms. The number of nitrogens with two attached hydrogens (primary N) is 2. The molecule has 10 heteroatoms. The normalized spacial score (nSPS) is 16.6. The second-order valence-corrected chi connectivity index (χ2v) is 8.76. The predicted octanol–water partition coefficient (Wildman–Crippen LogP) is 5.18. The van der Waals surface area contributed by atoms with Gasteiger partial charge in [-0.25, -0.2) is 4.98 Å². The number of benzene rings is 1. The lowest BCUT2D eigenvalue weighted by atomic mass is 9.81. The summed E-state index contributed by atoms with van der Waals surface area (Å²) in [6.07, 6.45) is 15.6. The first kappa shape index (κ1) is 29.4. The molecule has 5 rings (SSSR count). The van der Waals surface area contributed by atoms with Crippen LogP contribution in [0.4, 0.5) is 11.5 Å². The van der Waals surface area contributed by atoms with Gasteiger partial charge in [-0.3, -0.25) is 4.79 Å². The van der Waals surface area contributed by atoms with E-state index in [2.05, 4.69) is 28.6 Å². The van der Waals surface area contributed by atoms with Crippen LogP contribution in [0.1, 0.15) is 5.56 Å². The van der Waals surface area contributed by atoms with Gasteiger partial charge in [0.1, 0.15) is 23.2 Å². The van der Waals surface area contributed by atoms with Crippen LogP contribution in [-0.4, -0.2) is 31.8 Å². The first-order chi connectivity index (χ1) is 19.3. The standard InChI is InChI=1S/C17H15ClN2O2.C9H7N5.C4H6/c18-11-5-7-12(8-6-11)20-17(22)14-9-10-3-1-2-4-13(10)15(19)16(14)21;10-5-7-6-13-14(9(7)11)8-3-1-2-4-12-8;1-3-4-2/h1-9,13,15,21H,19H2,(H,20,22);1-4,6H,11H2;3-4H,1-2H2. The smallest absolute Gasteiger partial charge is 0.259 e. The van der Waals surface area contributed by atoms with Crippen LogP contribution >= 0.6 is 11.6 Å². The number of nitrogens with zero attached hydrogens (tertiary/aromatic N) is 4. The number of aromatic nitrogens is 3. The second-order valence-electron chi connectivity index (χ2n) is 8.33. The highest BCUT2D eigenvalue weighted by atomic mass is 35.5. The second kappa shape index (κ2) is 14.1. The number of amides is 1. The molecular weight excluding hydrogens is 526 g/mol. The summed E-state index contributed by atoms with van der Waals surface area (Å²) in [5, 5.41) is 26.2. The number of carbonyl (C=O) groups is 1. The number of nitriles is 1. The fourth-order valence-electron chi connectivity index (χ4n) is 3.65. The summed E-state index contributed by atoms with van der Waals surface area (Å²) in [7, 11) is 0. The zero-order valence-corrected chi connectivity index (χ0v) is 22.2. The first-order valence-corrected chi connectivity index (χ1v) is 12.4. The predicted molar refractivity (Wildman–Crippen MR) is 158 cm³/mol. The lowest BCUT2D eigenvalue weighted by Gasteiger charge is -2.28. The molecule has 40 heavy (non-hydrogen) atoms. The minimum Gasteiger partial charge on any atom is -0.510 e. The number of pyridine rings is 1. The van der Waals surface area contributed by atoms with Gasteiger partial charge in [0.2, 0.25) is 0 Å². The minimum atomic E-state index is -0.618. The average Bonchev–Trinajstić information content (AvgIpc) is 3.37. The van der Waals surface area contributed by atoms with E-state index in [4.69, 9.17) is 28.3 Å². The van der Waals surface area contributed by atoms with Crippen LogP contribution < -0.4 is 16.8 Å². The Kier molecular flexibility index (Phi) is 10.4. The van der Waals surface area contributed by atoms with E-state index in [-0.39, 0.29) is 17.3 Å². The number of aliphatic hydroxyl groups is 1. The number of hydrogen-bond donors (Lipinski definition) is 4. The average molecular weight is 554 g/mol. The Balaban J connectivity index is 0.000000209. The highest BCUT2D eigenvalue weighted by molar-refractivity contribution is 6.30. The quantitative estimate of drug-likeness (QED) is 0.324. The zero-order chi connectivity index (χ0) is 29.1. The van der Waals surface area contributed by atoms with Crippen LogP contribution in [0.25, 0.3) is 5.82 Å². The van der Waals surface area contributed by atoms with Crippen LogP contribution in [0.5, 0.6) is 0 Å². The van der Waals surface area contributed by atoms with Crippen molar-refractivity contribution in [1.29, 1.82) is 5.26 Å². The molecule has 202 valence electrons. The monoisotopic (exact) mass is 553 g/mol. The number of halogens is 1. The maximum absolute atomic E-state index is 12.4. The first-order valence-electron chi connectivity index (χ1n) is 12.0. The number of rotatable bonds is 4. The highest BCUT2D eigenvalue weighted by Gasteiger charge is 2.31. The molecule has 0 saturated carbocycles. The van der Waals surface area contributed by atoms with Crippen molar-refractivity contribution >= 4 is 29.0 Å². The molecule has 3 aromatic rings. The van der Waals surface area contributed by atoms with Crippen LogP contribution in [-0.2, 0) is 4.79 Å². The van der Waals surface area contributed by atoms with Crippen molar-refractivity contribution in [3.8, 4) is 11.9 Å². The largest absolute Gasteiger partial charge is 0.510 e. The van der Waals surface area contributed by atoms with Gasteiger partial charge in [0.25, 0.3) is 5.91 Å². The molecule has 0 saturated heterocycles. The summed E-state index contributed by atoms with van der Waals surface area (Å²) in [6, 6.07) is 13.5. The Morgan fingerprint density at radius 1 is 1.18 bits per heavy atom. The molecule has 1 aromatic carbocycles. The number of nitrogen functional groups attached to an aromatic ring is 1. The van der Waals surface area contributed by atoms with E-state index in [0.717, 1.165) is 5.57 Å². The lowest BCUT2D eigenvalue weighted by Crippen LogP contribution is -2.37. The number of hydrogen-bond acceptors (Lipinski definition) is 7. The van der Waals surface area contributed by atoms with Gasteiger partial charge in [-0.15, -0.1) is 0 Å². The van der Waals surface area contributed by atoms with Gasteiger partial charge in [-0.05, 0) is 48.0 Å². The molecule has 1 amide bonds. The SMILES string of the molecule is C=CC=C.N#Cc1cnn(-c2ccccn2)c1N.NC1C(O)=C(C(=O)Nc2ccc(Cl)cc2)C=C2C=CC=CC21. The fraction of sp³-hybridized carbons (Fsp3) is 0.0667. The minimum absolute atomic E-state index is 0.0971. The van der Waals surface area contributed by atoms with Crippen molar-refractivity contribution in [2.24, 2.45) is 11.7 Å². The Morgan fingerprint density at radius 2 is 1.90 bits per heavy atom. The van der Waals surface area contributed by atoms with Gasteiger partial charge in [0.05, 0.1) is 17.8 Å². The maximum Gasteiger partial charge on any atom is 0.259 e. The number of nitrogens with one attached hydrogen (secondary N) is 1. The molecule has 0 bridgehead atoms. The van der Waals surface area contributed by atoms with E-state index in [0.29, 0.717) is 27.9 Å². The number of allylic oxidation sites excluding steroid dienone is 5. The van der Waals surface area contributed by atoms with E-state index in [1.165, 1.54) is 10.9 Å². The van der Waals surface area contributed by atoms with Crippen LogP contribution in [0, 0.1) is 17.2 Å². The van der Waals surface area contributed by atoms with Crippen molar-refractivity contribution in [3.05, 3.63) is 138 Å². The summed E-state index contributed by atoms with van der Waals surface area (Å²) in [6.45, 7) is 6.72. The van der Waals surface area contributed by atoms with Gasteiger partial charge in [-0.1, -0.05) is 67.3 Å². The van der Waals surface area contributed by atoms with E-state index in [9.17, 15) is 9.90 Å². The maximum atomic E-state index is 12.4. The molecule has 0 radical (unpaired) electrons. The molecule has 2 aliphatic rings. The molecule has 2 aliphatic carbocycles. The Morgan fingerprint density at radius 3 is 2.50 bits per heavy atom. The van der Waals surface area contributed by atoms with E-state index < -0.39 is 11.9 Å². The van der Waals surface area contributed by atoms with Crippen LogP contribution in [0.3, 0.4) is 0 Å². The summed E-state index contributed by atoms with van der Waals surface area (Å²) < 4.78 is 1.43. The Bertz CT molecular complexity index is 1520. The number of carbonyl (C=O) groups excluding carboxylic acids is 1. The van der Waals surface area contributed by atoms with Gasteiger partial charge >= 0.3 is 0 Å². The van der Waals surface area contributed by atoms with E-state index in [1.807, 2.05) is 36.4 Å². The third kappa shape index (κ3) is 7.23. The third-order valence-corrected chi connectivity index (χ3v) is 5.95. The summed E-state index contributed by atoms with van der Waals surface area (Å²) >= 11 is 5.81. The zero-order valence-electron chi connectivity index (χ0n) is 21.5.